The molecule has 5 heteroatoms. The molecule has 0 aliphatic rings. The van der Waals surface area contributed by atoms with E-state index >= 15 is 0 Å². The number of hydrogen-bond acceptors (Lipinski definition) is 3. The van der Waals surface area contributed by atoms with Crippen molar-refractivity contribution < 1.29 is 14.6 Å². The first-order valence-corrected chi connectivity index (χ1v) is 4.76. The summed E-state index contributed by atoms with van der Waals surface area (Å²) in [6.07, 6.45) is 0. The summed E-state index contributed by atoms with van der Waals surface area (Å²) >= 11 is 0. The van der Waals surface area contributed by atoms with E-state index < -0.39 is 5.97 Å². The fourth-order valence-electron chi connectivity index (χ4n) is 1.17. The molecule has 0 aromatic heterocycles. The van der Waals surface area contributed by atoms with E-state index in [4.69, 9.17) is 9.84 Å². The van der Waals surface area contributed by atoms with Gasteiger partial charge in [-0.25, -0.2) is 4.79 Å². The number of nitrogens with one attached hydrogen (secondary N) is 1. The number of ether oxygens (including phenoxy) is 1. The van der Waals surface area contributed by atoms with Crippen LogP contribution >= 0.6 is 12.4 Å². The van der Waals surface area contributed by atoms with Crippen LogP contribution in [0.4, 0.5) is 0 Å². The lowest BCUT2D eigenvalue weighted by atomic mass is 10.1. The topological polar surface area (TPSA) is 58.6 Å². The number of benzene rings is 1. The first-order chi connectivity index (χ1) is 7.24. The quantitative estimate of drug-likeness (QED) is 0.747. The molecule has 2 N–H and O–H groups in total. The Morgan fingerprint density at radius 1 is 1.38 bits per heavy atom. The normalized spacial score (nSPS) is 9.56. The van der Waals surface area contributed by atoms with E-state index in [9.17, 15) is 4.79 Å². The summed E-state index contributed by atoms with van der Waals surface area (Å²) in [5.41, 5.74) is 1.38. The summed E-state index contributed by atoms with van der Waals surface area (Å²) in [5.74, 6) is -0.895. The summed E-state index contributed by atoms with van der Waals surface area (Å²) in [4.78, 5) is 10.6. The van der Waals surface area contributed by atoms with Crippen LogP contribution < -0.4 is 5.32 Å². The van der Waals surface area contributed by atoms with E-state index in [1.165, 1.54) is 0 Å². The Labute approximate surface area is 101 Å². The number of hydrogen-bond donors (Lipinski definition) is 2. The highest BCUT2D eigenvalue weighted by Crippen LogP contribution is 2.03. The first kappa shape index (κ1) is 14.9. The monoisotopic (exact) mass is 245 g/mol. The molecular weight excluding hydrogens is 230 g/mol. The minimum absolute atomic E-state index is 0. The molecule has 0 fully saturated rings. The largest absolute Gasteiger partial charge is 0.478 e. The van der Waals surface area contributed by atoms with Crippen molar-refractivity contribution in [2.24, 2.45) is 0 Å². The van der Waals surface area contributed by atoms with Crippen LogP contribution in [0.3, 0.4) is 0 Å². The van der Waals surface area contributed by atoms with Gasteiger partial charge in [0.15, 0.2) is 0 Å². The molecule has 90 valence electrons. The fourth-order valence-corrected chi connectivity index (χ4v) is 1.17. The molecule has 4 nitrogen and oxygen atoms in total. The SMILES string of the molecule is COCCNCc1ccc(C(=O)O)cc1.Cl. The van der Waals surface area contributed by atoms with Crippen LogP contribution in [0.25, 0.3) is 0 Å². The minimum Gasteiger partial charge on any atom is -0.478 e. The molecule has 0 atom stereocenters. The van der Waals surface area contributed by atoms with Crippen LogP contribution in [0.2, 0.25) is 0 Å². The Hall–Kier alpha value is -1.10. The molecular formula is C11H16ClNO3. The maximum Gasteiger partial charge on any atom is 0.335 e. The van der Waals surface area contributed by atoms with Gasteiger partial charge in [0.05, 0.1) is 12.2 Å². The molecule has 1 aromatic carbocycles. The molecule has 0 saturated heterocycles. The van der Waals surface area contributed by atoms with Gasteiger partial charge in [-0.2, -0.15) is 0 Å². The van der Waals surface area contributed by atoms with E-state index in [0.717, 1.165) is 18.7 Å². The number of carboxylic acid groups (broad SMARTS) is 1. The molecule has 0 amide bonds. The van der Waals surface area contributed by atoms with Gasteiger partial charge >= 0.3 is 5.97 Å². The van der Waals surface area contributed by atoms with E-state index in [0.29, 0.717) is 12.2 Å². The zero-order chi connectivity index (χ0) is 11.1. The van der Waals surface area contributed by atoms with Crippen molar-refractivity contribution in [1.29, 1.82) is 0 Å². The average Bonchev–Trinajstić information content (AvgIpc) is 2.25. The Balaban J connectivity index is 0.00000225. The van der Waals surface area contributed by atoms with Gasteiger partial charge in [-0.15, -0.1) is 12.4 Å². The predicted molar refractivity (Wildman–Crippen MR) is 64.2 cm³/mol. The summed E-state index contributed by atoms with van der Waals surface area (Å²) in [6.45, 7) is 2.19. The first-order valence-electron chi connectivity index (χ1n) is 4.76. The number of halogens is 1. The van der Waals surface area contributed by atoms with Crippen molar-refractivity contribution in [2.45, 2.75) is 6.54 Å². The molecule has 0 radical (unpaired) electrons. The van der Waals surface area contributed by atoms with E-state index in [-0.39, 0.29) is 12.4 Å². The zero-order valence-electron chi connectivity index (χ0n) is 9.10. The van der Waals surface area contributed by atoms with Crippen LogP contribution in [-0.2, 0) is 11.3 Å². The van der Waals surface area contributed by atoms with Gasteiger partial charge in [0, 0.05) is 20.2 Å². The van der Waals surface area contributed by atoms with Crippen LogP contribution in [0.1, 0.15) is 15.9 Å². The highest BCUT2D eigenvalue weighted by atomic mass is 35.5. The summed E-state index contributed by atoms with van der Waals surface area (Å²) in [6, 6.07) is 6.83. The molecule has 0 heterocycles. The second-order valence-electron chi connectivity index (χ2n) is 3.17. The number of carboxylic acids is 1. The van der Waals surface area contributed by atoms with Gasteiger partial charge in [-0.1, -0.05) is 12.1 Å². The van der Waals surface area contributed by atoms with Crippen LogP contribution in [-0.4, -0.2) is 31.3 Å². The smallest absolute Gasteiger partial charge is 0.335 e. The van der Waals surface area contributed by atoms with Crippen LogP contribution in [0.15, 0.2) is 24.3 Å². The van der Waals surface area contributed by atoms with Crippen LogP contribution in [0.5, 0.6) is 0 Å². The second kappa shape index (κ2) is 8.10. The van der Waals surface area contributed by atoms with E-state index in [1.807, 2.05) is 12.1 Å². The molecule has 0 unspecified atom stereocenters. The van der Waals surface area contributed by atoms with Crippen molar-refractivity contribution in [3.8, 4) is 0 Å². The number of methoxy groups -OCH3 is 1. The molecule has 0 bridgehead atoms. The standard InChI is InChI=1S/C11H15NO3.ClH/c1-15-7-6-12-8-9-2-4-10(5-3-9)11(13)14;/h2-5,12H,6-8H2,1H3,(H,13,14);1H. The highest BCUT2D eigenvalue weighted by Gasteiger charge is 2.00. The van der Waals surface area contributed by atoms with Gasteiger partial charge < -0.3 is 15.2 Å². The summed E-state index contributed by atoms with van der Waals surface area (Å²) in [5, 5.41) is 11.9. The van der Waals surface area contributed by atoms with Crippen molar-refractivity contribution in [3.63, 3.8) is 0 Å². The lowest BCUT2D eigenvalue weighted by molar-refractivity contribution is 0.0697. The van der Waals surface area contributed by atoms with E-state index in [2.05, 4.69) is 5.32 Å². The van der Waals surface area contributed by atoms with Crippen molar-refractivity contribution in [3.05, 3.63) is 35.4 Å². The van der Waals surface area contributed by atoms with E-state index in [1.54, 1.807) is 19.2 Å². The summed E-state index contributed by atoms with van der Waals surface area (Å²) < 4.78 is 4.89. The fraction of sp³-hybridized carbons (Fsp3) is 0.364. The number of aromatic carboxylic acids is 1. The molecule has 16 heavy (non-hydrogen) atoms. The predicted octanol–water partition coefficient (Wildman–Crippen LogP) is 1.54. The van der Waals surface area contributed by atoms with Crippen molar-refractivity contribution in [1.82, 2.24) is 5.32 Å². The van der Waals surface area contributed by atoms with Gasteiger partial charge in [-0.3, -0.25) is 0 Å². The Kier molecular flexibility index (Phi) is 7.54. The van der Waals surface area contributed by atoms with Gasteiger partial charge in [0.2, 0.25) is 0 Å². The zero-order valence-corrected chi connectivity index (χ0v) is 9.92. The molecule has 0 aliphatic carbocycles. The lowest BCUT2D eigenvalue weighted by Gasteiger charge is -2.04. The molecule has 0 spiro atoms. The van der Waals surface area contributed by atoms with Gasteiger partial charge in [0.1, 0.15) is 0 Å². The third-order valence-corrected chi connectivity index (χ3v) is 2.01. The van der Waals surface area contributed by atoms with Gasteiger partial charge in [-0.05, 0) is 17.7 Å². The number of rotatable bonds is 6. The third kappa shape index (κ3) is 5.11. The lowest BCUT2D eigenvalue weighted by Crippen LogP contribution is -2.18. The molecule has 1 aromatic rings. The Morgan fingerprint density at radius 3 is 2.50 bits per heavy atom. The third-order valence-electron chi connectivity index (χ3n) is 2.01. The van der Waals surface area contributed by atoms with Crippen molar-refractivity contribution >= 4 is 18.4 Å². The Bertz CT molecular complexity index is 314. The maximum atomic E-state index is 10.6. The molecule has 0 saturated carbocycles. The summed E-state index contributed by atoms with van der Waals surface area (Å²) in [7, 11) is 1.66. The molecule has 1 rings (SSSR count). The van der Waals surface area contributed by atoms with Crippen LogP contribution in [0, 0.1) is 0 Å². The van der Waals surface area contributed by atoms with Crippen molar-refractivity contribution in [2.75, 3.05) is 20.3 Å². The number of carbonyl (C=O) groups is 1. The minimum atomic E-state index is -0.895. The second-order valence-corrected chi connectivity index (χ2v) is 3.17. The average molecular weight is 246 g/mol. The highest BCUT2D eigenvalue weighted by molar-refractivity contribution is 5.87. The maximum absolute atomic E-state index is 10.6. The Morgan fingerprint density at radius 2 is 2.00 bits per heavy atom. The molecule has 0 aliphatic heterocycles. The van der Waals surface area contributed by atoms with Gasteiger partial charge in [0.25, 0.3) is 0 Å².